The zero-order valence-electron chi connectivity index (χ0n) is 21.9. The number of carbonyl (C=O) groups is 2. The third-order valence-corrected chi connectivity index (χ3v) is 7.35. The van der Waals surface area contributed by atoms with E-state index in [9.17, 15) is 14.9 Å². The molecule has 5 rings (SSSR count). The topological polar surface area (TPSA) is 83.8 Å². The van der Waals surface area contributed by atoms with Gasteiger partial charge in [-0.05, 0) is 55.3 Å². The highest BCUT2D eigenvalue weighted by atomic mass is 16.2. The Bertz CT molecular complexity index is 1390. The number of nitrogens with zero attached hydrogens (tertiary/aromatic N) is 6. The van der Waals surface area contributed by atoms with Gasteiger partial charge in [0.2, 0.25) is 5.91 Å². The Morgan fingerprint density at radius 2 is 1.68 bits per heavy atom. The molecule has 1 aromatic heterocycles. The van der Waals surface area contributed by atoms with Crippen molar-refractivity contribution in [2.75, 3.05) is 55.6 Å². The summed E-state index contributed by atoms with van der Waals surface area (Å²) in [6.07, 6.45) is 0. The molecule has 0 aliphatic carbocycles. The van der Waals surface area contributed by atoms with E-state index >= 15 is 0 Å². The minimum Gasteiger partial charge on any atom is -0.359 e. The van der Waals surface area contributed by atoms with Gasteiger partial charge in [-0.15, -0.1) is 0 Å². The van der Waals surface area contributed by atoms with Crippen LogP contribution in [-0.2, 0) is 11.3 Å². The molecule has 8 nitrogen and oxygen atoms in total. The number of aryl methyl sites for hydroxylation is 2. The van der Waals surface area contributed by atoms with Crippen LogP contribution in [0.25, 0.3) is 0 Å². The summed E-state index contributed by atoms with van der Waals surface area (Å²) in [5.41, 5.74) is 4.93. The molecule has 0 N–H and O–H groups in total. The van der Waals surface area contributed by atoms with Crippen molar-refractivity contribution in [3.05, 3.63) is 88.6 Å². The second kappa shape index (κ2) is 10.9. The number of nitriles is 1. The molecule has 0 saturated carbocycles. The van der Waals surface area contributed by atoms with E-state index in [1.54, 1.807) is 6.07 Å². The minimum atomic E-state index is 0.0123. The number of pyridine rings is 1. The Morgan fingerprint density at radius 1 is 0.921 bits per heavy atom. The predicted molar refractivity (Wildman–Crippen MR) is 147 cm³/mol. The fourth-order valence-electron chi connectivity index (χ4n) is 5.16. The van der Waals surface area contributed by atoms with E-state index in [4.69, 9.17) is 0 Å². The van der Waals surface area contributed by atoms with E-state index < -0.39 is 0 Å². The summed E-state index contributed by atoms with van der Waals surface area (Å²) >= 11 is 0. The quantitative estimate of drug-likeness (QED) is 0.526. The van der Waals surface area contributed by atoms with Crippen LogP contribution in [-0.4, -0.2) is 72.4 Å². The molecule has 0 bridgehead atoms. The Balaban J connectivity index is 1.22. The molecule has 8 heteroatoms. The van der Waals surface area contributed by atoms with E-state index in [-0.39, 0.29) is 18.4 Å². The summed E-state index contributed by atoms with van der Waals surface area (Å²) in [7, 11) is 0. The lowest BCUT2D eigenvalue weighted by Crippen LogP contribution is -2.50. The first-order chi connectivity index (χ1) is 18.4. The molecule has 2 saturated heterocycles. The smallest absolute Gasteiger partial charge is 0.254 e. The van der Waals surface area contributed by atoms with Crippen LogP contribution in [0.4, 0.5) is 11.5 Å². The molecule has 2 aromatic carbocycles. The van der Waals surface area contributed by atoms with Gasteiger partial charge in [0.05, 0.1) is 17.8 Å². The van der Waals surface area contributed by atoms with Gasteiger partial charge in [0.1, 0.15) is 11.9 Å². The maximum atomic E-state index is 13.5. The number of hydrogen-bond donors (Lipinski definition) is 0. The molecule has 0 atom stereocenters. The molecule has 0 radical (unpaired) electrons. The monoisotopic (exact) mass is 508 g/mol. The fourth-order valence-corrected chi connectivity index (χ4v) is 5.16. The number of anilines is 2. The van der Waals surface area contributed by atoms with Crippen molar-refractivity contribution in [1.82, 2.24) is 14.8 Å². The van der Waals surface area contributed by atoms with Crippen molar-refractivity contribution in [2.24, 2.45) is 0 Å². The zero-order valence-corrected chi connectivity index (χ0v) is 21.9. The first-order valence-corrected chi connectivity index (χ1v) is 13.0. The van der Waals surface area contributed by atoms with Gasteiger partial charge in [-0.25, -0.2) is 4.98 Å². The van der Waals surface area contributed by atoms with Crippen molar-refractivity contribution in [2.45, 2.75) is 20.4 Å². The minimum absolute atomic E-state index is 0.0123. The van der Waals surface area contributed by atoms with E-state index in [2.05, 4.69) is 16.0 Å². The SMILES string of the molecule is Cc1cccc(N2CCN(C(=O)c3cc(CN4CCN(c5ccccc5C#N)CC4=O)ccc3C)CC2)n1. The van der Waals surface area contributed by atoms with Crippen molar-refractivity contribution in [3.8, 4) is 6.07 Å². The third kappa shape index (κ3) is 5.32. The van der Waals surface area contributed by atoms with Crippen molar-refractivity contribution in [1.29, 1.82) is 5.26 Å². The molecule has 3 aromatic rings. The Labute approximate surface area is 223 Å². The van der Waals surface area contributed by atoms with Crippen LogP contribution < -0.4 is 9.80 Å². The molecule has 2 fully saturated rings. The molecule has 194 valence electrons. The predicted octanol–water partition coefficient (Wildman–Crippen LogP) is 3.38. The van der Waals surface area contributed by atoms with E-state index in [0.717, 1.165) is 41.4 Å². The molecule has 38 heavy (non-hydrogen) atoms. The largest absolute Gasteiger partial charge is 0.359 e. The number of amides is 2. The molecule has 2 aliphatic rings. The number of hydrogen-bond acceptors (Lipinski definition) is 6. The Hall–Kier alpha value is -4.38. The maximum absolute atomic E-state index is 13.5. The second-order valence-corrected chi connectivity index (χ2v) is 9.93. The standard InChI is InChI=1S/C30H32N6O2/c1-22-10-11-24(20-36-17-16-35(21-29(36)37)27-8-4-3-7-25(27)19-31)18-26(22)30(38)34-14-12-33(13-15-34)28-9-5-6-23(2)32-28/h3-11,18H,12-17,20-21H2,1-2H3. The van der Waals surface area contributed by atoms with Gasteiger partial charge < -0.3 is 19.6 Å². The van der Waals surface area contributed by atoms with Crippen molar-refractivity contribution in [3.63, 3.8) is 0 Å². The third-order valence-electron chi connectivity index (χ3n) is 7.35. The van der Waals surface area contributed by atoms with Crippen LogP contribution in [0.15, 0.2) is 60.7 Å². The summed E-state index contributed by atoms with van der Waals surface area (Å²) in [6, 6.07) is 21.5. The number of rotatable bonds is 5. The molecule has 2 amide bonds. The summed E-state index contributed by atoms with van der Waals surface area (Å²) in [4.78, 5) is 39.0. The van der Waals surface area contributed by atoms with Crippen LogP contribution in [0.5, 0.6) is 0 Å². The highest BCUT2D eigenvalue weighted by molar-refractivity contribution is 5.96. The normalized spacial score (nSPS) is 16.0. The number of carbonyl (C=O) groups excluding carboxylic acids is 2. The van der Waals surface area contributed by atoms with Crippen LogP contribution in [0.3, 0.4) is 0 Å². The zero-order chi connectivity index (χ0) is 26.6. The van der Waals surface area contributed by atoms with Gasteiger partial charge in [0.25, 0.3) is 5.91 Å². The van der Waals surface area contributed by atoms with E-state index in [1.165, 1.54) is 0 Å². The van der Waals surface area contributed by atoms with E-state index in [0.29, 0.717) is 43.9 Å². The molecular formula is C30H32N6O2. The Morgan fingerprint density at radius 3 is 2.42 bits per heavy atom. The summed E-state index contributed by atoms with van der Waals surface area (Å²) in [5.74, 6) is 1.000. The summed E-state index contributed by atoms with van der Waals surface area (Å²) in [5, 5.41) is 9.42. The average molecular weight is 509 g/mol. The number of aromatic nitrogens is 1. The van der Waals surface area contributed by atoms with E-state index in [1.807, 2.05) is 83.1 Å². The van der Waals surface area contributed by atoms with Crippen LogP contribution in [0.2, 0.25) is 0 Å². The van der Waals surface area contributed by atoms with Crippen molar-refractivity contribution >= 4 is 23.3 Å². The van der Waals surface area contributed by atoms with Gasteiger partial charge in [0, 0.05) is 57.1 Å². The molecule has 0 spiro atoms. The first kappa shape index (κ1) is 25.3. The van der Waals surface area contributed by atoms with Crippen LogP contribution >= 0.6 is 0 Å². The highest BCUT2D eigenvalue weighted by Gasteiger charge is 2.27. The molecule has 0 unspecified atom stereocenters. The maximum Gasteiger partial charge on any atom is 0.254 e. The lowest BCUT2D eigenvalue weighted by molar-refractivity contribution is -0.131. The number of benzene rings is 2. The van der Waals surface area contributed by atoms with Crippen LogP contribution in [0.1, 0.15) is 32.7 Å². The van der Waals surface area contributed by atoms with Gasteiger partial charge in [-0.2, -0.15) is 5.26 Å². The average Bonchev–Trinajstić information content (AvgIpc) is 2.95. The number of piperazine rings is 2. The first-order valence-electron chi connectivity index (χ1n) is 13.0. The molecule has 3 heterocycles. The van der Waals surface area contributed by atoms with Gasteiger partial charge in [0.15, 0.2) is 0 Å². The summed E-state index contributed by atoms with van der Waals surface area (Å²) in [6.45, 7) is 8.62. The highest BCUT2D eigenvalue weighted by Crippen LogP contribution is 2.23. The molecular weight excluding hydrogens is 476 g/mol. The van der Waals surface area contributed by atoms with Gasteiger partial charge >= 0.3 is 0 Å². The molecule has 2 aliphatic heterocycles. The number of para-hydroxylation sites is 1. The lowest BCUT2D eigenvalue weighted by Gasteiger charge is -2.36. The van der Waals surface area contributed by atoms with Gasteiger partial charge in [-0.1, -0.05) is 30.3 Å². The fraction of sp³-hybridized carbons (Fsp3) is 0.333. The Kier molecular flexibility index (Phi) is 7.27. The van der Waals surface area contributed by atoms with Crippen LogP contribution in [0, 0.1) is 25.2 Å². The van der Waals surface area contributed by atoms with Gasteiger partial charge in [-0.3, -0.25) is 9.59 Å². The second-order valence-electron chi connectivity index (χ2n) is 9.93. The van der Waals surface area contributed by atoms with Crippen molar-refractivity contribution < 1.29 is 9.59 Å². The lowest BCUT2D eigenvalue weighted by atomic mass is 10.0. The summed E-state index contributed by atoms with van der Waals surface area (Å²) < 4.78 is 0.